The monoisotopic (exact) mass is 330 g/mol. The van der Waals surface area contributed by atoms with Gasteiger partial charge in [-0.1, -0.05) is 0 Å². The minimum absolute atomic E-state index is 0.592. The van der Waals surface area contributed by atoms with Gasteiger partial charge in [0.2, 0.25) is 0 Å². The van der Waals surface area contributed by atoms with Crippen LogP contribution in [-0.4, -0.2) is 22.6 Å². The van der Waals surface area contributed by atoms with Gasteiger partial charge in [0, 0.05) is 22.4 Å². The zero-order chi connectivity index (χ0) is 13.5. The van der Waals surface area contributed by atoms with Crippen molar-refractivity contribution in [2.75, 3.05) is 13.2 Å². The summed E-state index contributed by atoms with van der Waals surface area (Å²) < 4.78 is 14.2. The second-order valence-corrected chi connectivity index (χ2v) is 5.51. The van der Waals surface area contributed by atoms with Crippen LogP contribution in [0.3, 0.4) is 0 Å². The molecule has 20 heavy (non-hydrogen) atoms. The molecule has 0 amide bonds. The summed E-state index contributed by atoms with van der Waals surface area (Å²) in [6, 6.07) is 9.88. The van der Waals surface area contributed by atoms with Crippen molar-refractivity contribution in [2.45, 2.75) is 0 Å². The van der Waals surface area contributed by atoms with Crippen LogP contribution in [0.5, 0.6) is 11.5 Å². The maximum Gasteiger partial charge on any atom is 0.162 e. The van der Waals surface area contributed by atoms with Gasteiger partial charge in [-0.25, -0.2) is 4.98 Å². The van der Waals surface area contributed by atoms with Gasteiger partial charge in [0.15, 0.2) is 11.5 Å². The SMILES string of the molecule is Brc1ccc2nc(-c3ccc4c(c3)OCCO4)cn2c1. The van der Waals surface area contributed by atoms with Crippen molar-refractivity contribution in [2.24, 2.45) is 0 Å². The molecule has 0 N–H and O–H groups in total. The summed E-state index contributed by atoms with van der Waals surface area (Å²) in [6.07, 6.45) is 4.00. The van der Waals surface area contributed by atoms with Crippen molar-refractivity contribution in [3.05, 3.63) is 47.2 Å². The molecule has 0 saturated heterocycles. The van der Waals surface area contributed by atoms with Crippen LogP contribution < -0.4 is 9.47 Å². The molecule has 4 rings (SSSR count). The van der Waals surface area contributed by atoms with E-state index in [2.05, 4.69) is 20.9 Å². The first-order chi connectivity index (χ1) is 9.79. The Bertz CT molecular complexity index is 798. The number of halogens is 1. The van der Waals surface area contributed by atoms with Crippen molar-refractivity contribution >= 4 is 21.6 Å². The molecular formula is C15H11BrN2O2. The van der Waals surface area contributed by atoms with Gasteiger partial charge < -0.3 is 13.9 Å². The van der Waals surface area contributed by atoms with Crippen LogP contribution in [0.25, 0.3) is 16.9 Å². The van der Waals surface area contributed by atoms with Crippen molar-refractivity contribution < 1.29 is 9.47 Å². The molecule has 3 heterocycles. The van der Waals surface area contributed by atoms with E-state index >= 15 is 0 Å². The van der Waals surface area contributed by atoms with E-state index < -0.39 is 0 Å². The van der Waals surface area contributed by atoms with Crippen LogP contribution in [0.4, 0.5) is 0 Å². The predicted molar refractivity (Wildman–Crippen MR) is 79.3 cm³/mol. The fraction of sp³-hybridized carbons (Fsp3) is 0.133. The molecule has 0 radical (unpaired) electrons. The van der Waals surface area contributed by atoms with E-state index in [-0.39, 0.29) is 0 Å². The molecular weight excluding hydrogens is 320 g/mol. The smallest absolute Gasteiger partial charge is 0.162 e. The van der Waals surface area contributed by atoms with Crippen LogP contribution in [0.1, 0.15) is 0 Å². The molecule has 0 unspecified atom stereocenters. The fourth-order valence-corrected chi connectivity index (χ4v) is 2.66. The number of imidazole rings is 1. The third-order valence-corrected chi connectivity index (χ3v) is 3.72. The van der Waals surface area contributed by atoms with E-state index in [1.807, 2.05) is 47.1 Å². The lowest BCUT2D eigenvalue weighted by Crippen LogP contribution is -2.15. The molecule has 0 atom stereocenters. The molecule has 1 aliphatic rings. The molecule has 0 spiro atoms. The van der Waals surface area contributed by atoms with Gasteiger partial charge in [-0.15, -0.1) is 0 Å². The zero-order valence-corrected chi connectivity index (χ0v) is 12.1. The highest BCUT2D eigenvalue weighted by molar-refractivity contribution is 9.10. The number of pyridine rings is 1. The van der Waals surface area contributed by atoms with E-state index in [0.717, 1.165) is 32.9 Å². The van der Waals surface area contributed by atoms with Gasteiger partial charge in [0.05, 0.1) is 5.69 Å². The van der Waals surface area contributed by atoms with Crippen molar-refractivity contribution in [1.29, 1.82) is 0 Å². The summed E-state index contributed by atoms with van der Waals surface area (Å²) in [6.45, 7) is 1.20. The summed E-state index contributed by atoms with van der Waals surface area (Å²) in [5, 5.41) is 0. The van der Waals surface area contributed by atoms with E-state index in [4.69, 9.17) is 9.47 Å². The lowest BCUT2D eigenvalue weighted by atomic mass is 10.1. The Kier molecular flexibility index (Phi) is 2.67. The van der Waals surface area contributed by atoms with E-state index in [1.165, 1.54) is 0 Å². The van der Waals surface area contributed by atoms with E-state index in [0.29, 0.717) is 13.2 Å². The molecule has 4 nitrogen and oxygen atoms in total. The van der Waals surface area contributed by atoms with Crippen molar-refractivity contribution in [3.63, 3.8) is 0 Å². The largest absolute Gasteiger partial charge is 0.486 e. The molecule has 0 saturated carbocycles. The molecule has 100 valence electrons. The molecule has 1 aromatic carbocycles. The first-order valence-electron chi connectivity index (χ1n) is 6.34. The molecule has 5 heteroatoms. The van der Waals surface area contributed by atoms with Crippen LogP contribution in [-0.2, 0) is 0 Å². The summed E-state index contributed by atoms with van der Waals surface area (Å²) in [5.41, 5.74) is 2.85. The predicted octanol–water partition coefficient (Wildman–Crippen LogP) is 3.54. The van der Waals surface area contributed by atoms with Gasteiger partial charge in [0.1, 0.15) is 18.9 Å². The molecule has 0 aliphatic carbocycles. The van der Waals surface area contributed by atoms with E-state index in [9.17, 15) is 0 Å². The minimum Gasteiger partial charge on any atom is -0.486 e. The molecule has 3 aromatic rings. The van der Waals surface area contributed by atoms with Gasteiger partial charge in [-0.05, 0) is 46.3 Å². The number of benzene rings is 1. The average Bonchev–Trinajstić information content (AvgIpc) is 2.89. The average molecular weight is 331 g/mol. The number of hydrogen-bond donors (Lipinski definition) is 0. The maximum absolute atomic E-state index is 5.61. The Balaban J connectivity index is 1.82. The third-order valence-electron chi connectivity index (χ3n) is 3.25. The van der Waals surface area contributed by atoms with Crippen LogP contribution >= 0.6 is 15.9 Å². The Morgan fingerprint density at radius 1 is 1.00 bits per heavy atom. The highest BCUT2D eigenvalue weighted by Crippen LogP contribution is 2.34. The minimum atomic E-state index is 0.592. The quantitative estimate of drug-likeness (QED) is 0.684. The number of aromatic nitrogens is 2. The highest BCUT2D eigenvalue weighted by atomic mass is 79.9. The van der Waals surface area contributed by atoms with Gasteiger partial charge in [-0.3, -0.25) is 0 Å². The van der Waals surface area contributed by atoms with Crippen LogP contribution in [0.2, 0.25) is 0 Å². The summed E-state index contributed by atoms with van der Waals surface area (Å²) in [7, 11) is 0. The zero-order valence-electron chi connectivity index (χ0n) is 10.5. The molecule has 2 aromatic heterocycles. The summed E-state index contributed by atoms with van der Waals surface area (Å²) in [5.74, 6) is 1.58. The molecule has 0 bridgehead atoms. The second-order valence-electron chi connectivity index (χ2n) is 4.60. The topological polar surface area (TPSA) is 35.8 Å². The normalized spacial score (nSPS) is 13.7. The lowest BCUT2D eigenvalue weighted by molar-refractivity contribution is 0.171. The lowest BCUT2D eigenvalue weighted by Gasteiger charge is -2.18. The number of ether oxygens (including phenoxy) is 2. The number of hydrogen-bond acceptors (Lipinski definition) is 3. The maximum atomic E-state index is 5.61. The molecule has 1 aliphatic heterocycles. The first-order valence-corrected chi connectivity index (χ1v) is 7.13. The number of rotatable bonds is 1. The van der Waals surface area contributed by atoms with Crippen molar-refractivity contribution in [1.82, 2.24) is 9.38 Å². The van der Waals surface area contributed by atoms with Gasteiger partial charge in [-0.2, -0.15) is 0 Å². The summed E-state index contributed by atoms with van der Waals surface area (Å²) >= 11 is 3.46. The van der Waals surface area contributed by atoms with Gasteiger partial charge >= 0.3 is 0 Å². The molecule has 0 fully saturated rings. The van der Waals surface area contributed by atoms with E-state index in [1.54, 1.807) is 0 Å². The summed E-state index contributed by atoms with van der Waals surface area (Å²) in [4.78, 5) is 4.62. The first kappa shape index (κ1) is 11.8. The number of fused-ring (bicyclic) bond motifs is 2. The highest BCUT2D eigenvalue weighted by Gasteiger charge is 2.13. The third kappa shape index (κ3) is 1.94. The van der Waals surface area contributed by atoms with Gasteiger partial charge in [0.25, 0.3) is 0 Å². The standard InChI is InChI=1S/C15H11BrN2O2/c16-11-2-4-15-17-12(9-18(15)8-11)10-1-3-13-14(7-10)20-6-5-19-13/h1-4,7-9H,5-6H2. The Morgan fingerprint density at radius 2 is 1.85 bits per heavy atom. The Labute approximate surface area is 124 Å². The van der Waals surface area contributed by atoms with Crippen LogP contribution in [0.15, 0.2) is 47.2 Å². The fourth-order valence-electron chi connectivity index (χ4n) is 2.31. The Morgan fingerprint density at radius 3 is 2.75 bits per heavy atom. The Hall–Kier alpha value is -2.01. The number of nitrogens with zero attached hydrogens (tertiary/aromatic N) is 2. The second kappa shape index (κ2) is 4.52. The van der Waals surface area contributed by atoms with Crippen molar-refractivity contribution in [3.8, 4) is 22.8 Å². The van der Waals surface area contributed by atoms with Crippen LogP contribution in [0, 0.1) is 0 Å².